The zero-order valence-electron chi connectivity index (χ0n) is 10.8. The molecule has 2 rings (SSSR count). The van der Waals surface area contributed by atoms with Crippen molar-refractivity contribution in [1.82, 2.24) is 0 Å². The molecule has 1 aliphatic heterocycles. The Kier molecular flexibility index (Phi) is 3.64. The number of amides is 1. The average molecular weight is 261 g/mol. The van der Waals surface area contributed by atoms with E-state index in [2.05, 4.69) is 0 Å². The zero-order valence-corrected chi connectivity index (χ0v) is 10.8. The Morgan fingerprint density at radius 3 is 2.42 bits per heavy atom. The van der Waals surface area contributed by atoms with Crippen LogP contribution in [0.5, 0.6) is 0 Å². The molecule has 2 atom stereocenters. The van der Waals surface area contributed by atoms with E-state index in [9.17, 15) is 14.4 Å². The van der Waals surface area contributed by atoms with Gasteiger partial charge in [-0.15, -0.1) is 0 Å². The van der Waals surface area contributed by atoms with E-state index in [0.29, 0.717) is 5.69 Å². The van der Waals surface area contributed by atoms with E-state index < -0.39 is 17.9 Å². The number of nitrogens with zero attached hydrogens (tertiary/aromatic N) is 1. The minimum absolute atomic E-state index is 0.219. The van der Waals surface area contributed by atoms with Crippen LogP contribution in [-0.4, -0.2) is 30.3 Å². The molecule has 0 spiro atoms. The van der Waals surface area contributed by atoms with Crippen LogP contribution in [0.25, 0.3) is 0 Å². The van der Waals surface area contributed by atoms with Crippen LogP contribution in [0, 0.1) is 5.92 Å². The van der Waals surface area contributed by atoms with Crippen molar-refractivity contribution in [2.75, 3.05) is 11.5 Å². The first-order valence-electron chi connectivity index (χ1n) is 6.13. The third kappa shape index (κ3) is 2.23. The van der Waals surface area contributed by atoms with Gasteiger partial charge < -0.3 is 4.74 Å². The molecule has 0 saturated carbocycles. The van der Waals surface area contributed by atoms with Gasteiger partial charge in [-0.3, -0.25) is 14.5 Å². The minimum atomic E-state index is -0.917. The predicted molar refractivity (Wildman–Crippen MR) is 68.5 cm³/mol. The number of ketones is 1. The molecule has 5 nitrogen and oxygen atoms in total. The number of Topliss-reactive ketones (excluding diaryl/α,β-unsaturated/α-hetero) is 1. The summed E-state index contributed by atoms with van der Waals surface area (Å²) in [5, 5.41) is 0. The fraction of sp³-hybridized carbons (Fsp3) is 0.357. The number of carbonyl (C=O) groups is 3. The molecule has 100 valence electrons. The lowest BCUT2D eigenvalue weighted by Crippen LogP contribution is -2.67. The standard InChI is InChI=1S/C14H15NO4/c1-3-19-14(18)12-11(9(2)16)13(17)15(12)10-7-5-4-6-8-10/h4-8,11-12H,3H2,1-2H3/t11-,12-/m0/s1. The highest BCUT2D eigenvalue weighted by molar-refractivity contribution is 6.20. The molecule has 0 aromatic heterocycles. The van der Waals surface area contributed by atoms with E-state index in [0.717, 1.165) is 0 Å². The number of ether oxygens (including phenoxy) is 1. The largest absolute Gasteiger partial charge is 0.464 e. The van der Waals surface area contributed by atoms with Gasteiger partial charge in [0.2, 0.25) is 5.91 Å². The topological polar surface area (TPSA) is 63.7 Å². The van der Waals surface area contributed by atoms with Gasteiger partial charge in [0.1, 0.15) is 11.7 Å². The van der Waals surface area contributed by atoms with Gasteiger partial charge in [-0.05, 0) is 26.0 Å². The molecular weight excluding hydrogens is 246 g/mol. The Bertz CT molecular complexity index is 511. The van der Waals surface area contributed by atoms with E-state index in [4.69, 9.17) is 4.74 Å². The summed E-state index contributed by atoms with van der Waals surface area (Å²) in [6.07, 6.45) is 0. The first-order chi connectivity index (χ1) is 9.07. The van der Waals surface area contributed by atoms with Gasteiger partial charge in [-0.1, -0.05) is 18.2 Å². The molecule has 1 amide bonds. The molecular formula is C14H15NO4. The van der Waals surface area contributed by atoms with Gasteiger partial charge in [0, 0.05) is 5.69 Å². The summed E-state index contributed by atoms with van der Waals surface area (Å²) in [4.78, 5) is 36.7. The number of hydrogen-bond acceptors (Lipinski definition) is 4. The van der Waals surface area contributed by atoms with Crippen molar-refractivity contribution >= 4 is 23.3 Å². The van der Waals surface area contributed by atoms with Crippen molar-refractivity contribution in [2.45, 2.75) is 19.9 Å². The SMILES string of the molecule is CCOC(=O)[C@@H]1[C@H](C(C)=O)C(=O)N1c1ccccc1. The van der Waals surface area contributed by atoms with Crippen molar-refractivity contribution in [3.05, 3.63) is 30.3 Å². The molecule has 0 bridgehead atoms. The molecule has 1 fully saturated rings. The summed E-state index contributed by atoms with van der Waals surface area (Å²) in [6, 6.07) is 7.96. The maximum absolute atomic E-state index is 12.0. The van der Waals surface area contributed by atoms with Crippen LogP contribution >= 0.6 is 0 Å². The van der Waals surface area contributed by atoms with E-state index in [1.165, 1.54) is 11.8 Å². The van der Waals surface area contributed by atoms with Crippen molar-refractivity contribution in [2.24, 2.45) is 5.92 Å². The maximum atomic E-state index is 12.0. The van der Waals surface area contributed by atoms with Crippen LogP contribution in [0.3, 0.4) is 0 Å². The smallest absolute Gasteiger partial charge is 0.330 e. The Labute approximate surface area is 111 Å². The first kappa shape index (κ1) is 13.3. The maximum Gasteiger partial charge on any atom is 0.330 e. The highest BCUT2D eigenvalue weighted by Gasteiger charge is 2.55. The van der Waals surface area contributed by atoms with Crippen LogP contribution in [-0.2, 0) is 19.1 Å². The van der Waals surface area contributed by atoms with Gasteiger partial charge in [0.05, 0.1) is 6.61 Å². The molecule has 1 aromatic rings. The normalized spacial score (nSPS) is 21.8. The van der Waals surface area contributed by atoms with E-state index in [-0.39, 0.29) is 18.3 Å². The molecule has 1 heterocycles. The summed E-state index contributed by atoms with van der Waals surface area (Å²) in [6.45, 7) is 3.22. The number of rotatable bonds is 4. The number of anilines is 1. The lowest BCUT2D eigenvalue weighted by molar-refractivity contribution is -0.156. The second-order valence-corrected chi connectivity index (χ2v) is 4.33. The number of para-hydroxylation sites is 1. The molecule has 1 aliphatic rings. The second kappa shape index (κ2) is 5.22. The molecule has 0 aliphatic carbocycles. The lowest BCUT2D eigenvalue weighted by atomic mass is 9.83. The van der Waals surface area contributed by atoms with Crippen LogP contribution in [0.15, 0.2) is 30.3 Å². The van der Waals surface area contributed by atoms with Gasteiger partial charge >= 0.3 is 5.97 Å². The van der Waals surface area contributed by atoms with Crippen LogP contribution in [0.4, 0.5) is 5.69 Å². The Morgan fingerprint density at radius 1 is 1.26 bits per heavy atom. The molecule has 1 saturated heterocycles. The first-order valence-corrected chi connectivity index (χ1v) is 6.13. The van der Waals surface area contributed by atoms with E-state index >= 15 is 0 Å². The number of carbonyl (C=O) groups excluding carboxylic acids is 3. The van der Waals surface area contributed by atoms with Crippen LogP contribution in [0.1, 0.15) is 13.8 Å². The summed E-state index contributed by atoms with van der Waals surface area (Å²) < 4.78 is 4.94. The Balaban J connectivity index is 2.30. The van der Waals surface area contributed by atoms with Crippen molar-refractivity contribution in [3.8, 4) is 0 Å². The third-order valence-electron chi connectivity index (χ3n) is 3.10. The van der Waals surface area contributed by atoms with Gasteiger partial charge in [-0.25, -0.2) is 4.79 Å². The number of benzene rings is 1. The summed E-state index contributed by atoms with van der Waals surface area (Å²) in [5.74, 6) is -2.11. The zero-order chi connectivity index (χ0) is 14.0. The second-order valence-electron chi connectivity index (χ2n) is 4.33. The summed E-state index contributed by atoms with van der Waals surface area (Å²) in [5.41, 5.74) is 0.600. The van der Waals surface area contributed by atoms with E-state index in [1.807, 2.05) is 6.07 Å². The molecule has 5 heteroatoms. The number of hydrogen-bond donors (Lipinski definition) is 0. The number of β-lactam (4-membered cyclic amide) rings is 1. The highest BCUT2D eigenvalue weighted by Crippen LogP contribution is 2.33. The van der Waals surface area contributed by atoms with Gasteiger partial charge in [0.15, 0.2) is 6.04 Å². The summed E-state index contributed by atoms with van der Waals surface area (Å²) in [7, 11) is 0. The Morgan fingerprint density at radius 2 is 1.89 bits per heavy atom. The minimum Gasteiger partial charge on any atom is -0.464 e. The summed E-state index contributed by atoms with van der Waals surface area (Å²) >= 11 is 0. The average Bonchev–Trinajstić information content (AvgIpc) is 2.36. The third-order valence-corrected chi connectivity index (χ3v) is 3.10. The van der Waals surface area contributed by atoms with Crippen molar-refractivity contribution in [1.29, 1.82) is 0 Å². The molecule has 0 N–H and O–H groups in total. The number of esters is 1. The highest BCUT2D eigenvalue weighted by atomic mass is 16.5. The van der Waals surface area contributed by atoms with Crippen molar-refractivity contribution in [3.63, 3.8) is 0 Å². The fourth-order valence-electron chi connectivity index (χ4n) is 2.23. The van der Waals surface area contributed by atoms with Crippen LogP contribution in [0.2, 0.25) is 0 Å². The van der Waals surface area contributed by atoms with E-state index in [1.54, 1.807) is 31.2 Å². The fourth-order valence-corrected chi connectivity index (χ4v) is 2.23. The molecule has 0 unspecified atom stereocenters. The molecule has 0 radical (unpaired) electrons. The van der Waals surface area contributed by atoms with Gasteiger partial charge in [-0.2, -0.15) is 0 Å². The molecule has 19 heavy (non-hydrogen) atoms. The van der Waals surface area contributed by atoms with Crippen molar-refractivity contribution < 1.29 is 19.1 Å². The monoisotopic (exact) mass is 261 g/mol. The quantitative estimate of drug-likeness (QED) is 0.463. The predicted octanol–water partition coefficient (Wildman–Crippen LogP) is 1.17. The lowest BCUT2D eigenvalue weighted by Gasteiger charge is -2.43. The van der Waals surface area contributed by atoms with Crippen LogP contribution < -0.4 is 4.90 Å². The Hall–Kier alpha value is -2.17. The molecule has 1 aromatic carbocycles. The van der Waals surface area contributed by atoms with Gasteiger partial charge in [0.25, 0.3) is 0 Å².